The maximum absolute atomic E-state index is 12.8. The number of rotatable bonds is 6. The summed E-state index contributed by atoms with van der Waals surface area (Å²) in [5.41, 5.74) is 2.53. The van der Waals surface area contributed by atoms with Crippen LogP contribution in [0.1, 0.15) is 54.5 Å². The first-order chi connectivity index (χ1) is 13.8. The van der Waals surface area contributed by atoms with Gasteiger partial charge in [-0.25, -0.2) is 4.68 Å². The zero-order valence-corrected chi connectivity index (χ0v) is 15.9. The monoisotopic (exact) mass is 375 g/mol. The fourth-order valence-electron chi connectivity index (χ4n) is 3.97. The van der Waals surface area contributed by atoms with Crippen molar-refractivity contribution in [3.05, 3.63) is 77.6 Å². The van der Waals surface area contributed by atoms with Gasteiger partial charge in [-0.2, -0.15) is 0 Å². The minimum absolute atomic E-state index is 0.0258. The Morgan fingerprint density at radius 3 is 2.39 bits per heavy atom. The van der Waals surface area contributed by atoms with E-state index in [1.54, 1.807) is 4.68 Å². The maximum Gasteiger partial charge on any atom is 0.230 e. The molecule has 0 fully saturated rings. The van der Waals surface area contributed by atoms with Gasteiger partial charge in [0.2, 0.25) is 5.91 Å². The van der Waals surface area contributed by atoms with E-state index in [0.29, 0.717) is 12.4 Å². The van der Waals surface area contributed by atoms with Gasteiger partial charge in [0.05, 0.1) is 5.92 Å². The lowest BCUT2D eigenvalue weighted by Crippen LogP contribution is -2.32. The number of aryl methyl sites for hydroxylation is 1. The molecule has 0 spiro atoms. The third-order valence-corrected chi connectivity index (χ3v) is 5.44. The molecular formula is C22H25N5O. The van der Waals surface area contributed by atoms with Crippen LogP contribution in [0.4, 0.5) is 0 Å². The molecule has 0 aliphatic carbocycles. The quantitative estimate of drug-likeness (QED) is 0.718. The molecule has 1 aromatic heterocycles. The molecule has 0 radical (unpaired) electrons. The van der Waals surface area contributed by atoms with Crippen molar-refractivity contribution in [2.45, 2.75) is 44.1 Å². The molecule has 0 bridgehead atoms. The van der Waals surface area contributed by atoms with Crippen molar-refractivity contribution in [1.82, 2.24) is 25.5 Å². The zero-order chi connectivity index (χ0) is 19.2. The van der Waals surface area contributed by atoms with Crippen LogP contribution in [0.25, 0.3) is 0 Å². The van der Waals surface area contributed by atoms with Gasteiger partial charge in [-0.3, -0.25) is 4.79 Å². The van der Waals surface area contributed by atoms with E-state index in [2.05, 4.69) is 69.4 Å². The van der Waals surface area contributed by atoms with Crippen molar-refractivity contribution in [3.63, 3.8) is 0 Å². The topological polar surface area (TPSA) is 72.7 Å². The number of nitrogens with zero attached hydrogens (tertiary/aromatic N) is 4. The summed E-state index contributed by atoms with van der Waals surface area (Å²) >= 11 is 0. The zero-order valence-electron chi connectivity index (χ0n) is 15.9. The second-order valence-corrected chi connectivity index (χ2v) is 7.26. The molecule has 0 saturated carbocycles. The number of tetrazole rings is 1. The summed E-state index contributed by atoms with van der Waals surface area (Å²) in [7, 11) is 0. The summed E-state index contributed by atoms with van der Waals surface area (Å²) in [4.78, 5) is 12.8. The Hall–Kier alpha value is -3.02. The minimum Gasteiger partial charge on any atom is -0.355 e. The van der Waals surface area contributed by atoms with Crippen LogP contribution in [0.2, 0.25) is 0 Å². The third kappa shape index (κ3) is 4.11. The molecule has 2 aromatic carbocycles. The molecule has 4 rings (SSSR count). The molecule has 28 heavy (non-hydrogen) atoms. The fourth-order valence-corrected chi connectivity index (χ4v) is 3.97. The number of amides is 1. The summed E-state index contributed by atoms with van der Waals surface area (Å²) in [6.45, 7) is 1.40. The van der Waals surface area contributed by atoms with Gasteiger partial charge in [0, 0.05) is 19.0 Å². The summed E-state index contributed by atoms with van der Waals surface area (Å²) < 4.78 is 1.77. The van der Waals surface area contributed by atoms with Gasteiger partial charge in [0.25, 0.3) is 0 Å². The Morgan fingerprint density at radius 1 is 1.04 bits per heavy atom. The van der Waals surface area contributed by atoms with E-state index < -0.39 is 0 Å². The number of benzene rings is 2. The van der Waals surface area contributed by atoms with Gasteiger partial charge in [0.15, 0.2) is 5.82 Å². The summed E-state index contributed by atoms with van der Waals surface area (Å²) in [5.74, 6) is 0.710. The largest absolute Gasteiger partial charge is 0.355 e. The number of hydrogen-bond donors (Lipinski definition) is 1. The molecule has 6 heteroatoms. The Bertz CT molecular complexity index is 854. The van der Waals surface area contributed by atoms with E-state index in [1.807, 2.05) is 12.1 Å². The Morgan fingerprint density at radius 2 is 1.71 bits per heavy atom. The van der Waals surface area contributed by atoms with E-state index in [9.17, 15) is 4.79 Å². The molecule has 1 amide bonds. The number of fused-ring (bicyclic) bond motifs is 1. The van der Waals surface area contributed by atoms with E-state index in [0.717, 1.165) is 32.2 Å². The van der Waals surface area contributed by atoms with Crippen LogP contribution in [0.5, 0.6) is 0 Å². The first-order valence-corrected chi connectivity index (χ1v) is 9.96. The van der Waals surface area contributed by atoms with Crippen LogP contribution in [-0.4, -0.2) is 32.7 Å². The van der Waals surface area contributed by atoms with Gasteiger partial charge in [-0.15, -0.1) is 5.10 Å². The van der Waals surface area contributed by atoms with Crippen molar-refractivity contribution >= 4 is 5.91 Å². The van der Waals surface area contributed by atoms with Crippen LogP contribution in [0, 0.1) is 0 Å². The molecule has 1 atom stereocenters. The maximum atomic E-state index is 12.8. The standard InChI is InChI=1S/C22H25N5O/c28-22(20-13-7-8-16-27-21(20)24-25-26-27)23-15-14-19(17-9-3-1-4-10-17)18-11-5-2-6-12-18/h1-6,9-12,19-20H,7-8,13-16H2,(H,23,28). The van der Waals surface area contributed by atoms with Crippen LogP contribution in [0.15, 0.2) is 60.7 Å². The Balaban J connectivity index is 1.43. The van der Waals surface area contributed by atoms with Crippen LogP contribution in [0.3, 0.4) is 0 Å². The number of carbonyl (C=O) groups is 1. The van der Waals surface area contributed by atoms with Crippen LogP contribution in [-0.2, 0) is 11.3 Å². The summed E-state index contributed by atoms with van der Waals surface area (Å²) in [6, 6.07) is 20.9. The normalized spacial score (nSPS) is 16.4. The van der Waals surface area contributed by atoms with Gasteiger partial charge >= 0.3 is 0 Å². The smallest absolute Gasteiger partial charge is 0.230 e. The molecule has 1 aliphatic heterocycles. The highest BCUT2D eigenvalue weighted by molar-refractivity contribution is 5.82. The second kappa shape index (κ2) is 8.78. The second-order valence-electron chi connectivity index (χ2n) is 7.26. The molecular weight excluding hydrogens is 350 g/mol. The van der Waals surface area contributed by atoms with Crippen LogP contribution < -0.4 is 5.32 Å². The first-order valence-electron chi connectivity index (χ1n) is 9.96. The van der Waals surface area contributed by atoms with E-state index in [4.69, 9.17) is 0 Å². The van der Waals surface area contributed by atoms with E-state index >= 15 is 0 Å². The van der Waals surface area contributed by atoms with E-state index in [-0.39, 0.29) is 17.7 Å². The highest BCUT2D eigenvalue weighted by atomic mass is 16.1. The lowest BCUT2D eigenvalue weighted by molar-refractivity contribution is -0.122. The summed E-state index contributed by atoms with van der Waals surface area (Å²) in [6.07, 6.45) is 3.65. The molecule has 0 saturated heterocycles. The molecule has 6 nitrogen and oxygen atoms in total. The Kier molecular flexibility index (Phi) is 5.75. The van der Waals surface area contributed by atoms with Gasteiger partial charge in [-0.1, -0.05) is 67.1 Å². The highest BCUT2D eigenvalue weighted by Gasteiger charge is 2.28. The number of hydrogen-bond acceptors (Lipinski definition) is 4. The average molecular weight is 375 g/mol. The van der Waals surface area contributed by atoms with Gasteiger partial charge < -0.3 is 5.32 Å². The minimum atomic E-state index is -0.260. The summed E-state index contributed by atoms with van der Waals surface area (Å²) in [5, 5.41) is 15.0. The molecule has 144 valence electrons. The number of nitrogens with one attached hydrogen (secondary N) is 1. The van der Waals surface area contributed by atoms with E-state index in [1.165, 1.54) is 11.1 Å². The van der Waals surface area contributed by atoms with Crippen LogP contribution >= 0.6 is 0 Å². The highest BCUT2D eigenvalue weighted by Crippen LogP contribution is 2.28. The number of aromatic nitrogens is 4. The number of carbonyl (C=O) groups excluding carboxylic acids is 1. The molecule has 1 unspecified atom stereocenters. The Labute approximate surface area is 165 Å². The first kappa shape index (κ1) is 18.3. The molecule has 1 aliphatic rings. The third-order valence-electron chi connectivity index (χ3n) is 5.44. The van der Waals surface area contributed by atoms with Crippen molar-refractivity contribution in [1.29, 1.82) is 0 Å². The predicted octanol–water partition coefficient (Wildman–Crippen LogP) is 3.28. The van der Waals surface area contributed by atoms with Crippen molar-refractivity contribution in [2.24, 2.45) is 0 Å². The predicted molar refractivity (Wildman–Crippen MR) is 107 cm³/mol. The van der Waals surface area contributed by atoms with Crippen molar-refractivity contribution in [2.75, 3.05) is 6.54 Å². The van der Waals surface area contributed by atoms with Crippen molar-refractivity contribution in [3.8, 4) is 0 Å². The van der Waals surface area contributed by atoms with Gasteiger partial charge in [0.1, 0.15) is 0 Å². The lowest BCUT2D eigenvalue weighted by atomic mass is 9.88. The fraction of sp³-hybridized carbons (Fsp3) is 0.364. The lowest BCUT2D eigenvalue weighted by Gasteiger charge is -2.19. The van der Waals surface area contributed by atoms with Crippen molar-refractivity contribution < 1.29 is 4.79 Å². The average Bonchev–Trinajstić information content (AvgIpc) is 3.11. The molecule has 3 aromatic rings. The SMILES string of the molecule is O=C(NCCC(c1ccccc1)c1ccccc1)C1CCCCn2nnnc21. The molecule has 1 N–H and O–H groups in total. The molecule has 2 heterocycles. The van der Waals surface area contributed by atoms with Gasteiger partial charge in [-0.05, 0) is 40.8 Å².